The van der Waals surface area contributed by atoms with Gasteiger partial charge in [0.05, 0.1) is 17.9 Å². The van der Waals surface area contributed by atoms with Crippen LogP contribution in [-0.4, -0.2) is 40.8 Å². The molecule has 2 aromatic rings. The predicted molar refractivity (Wildman–Crippen MR) is 117 cm³/mol. The summed E-state index contributed by atoms with van der Waals surface area (Å²) in [6.45, 7) is 6.73. The van der Waals surface area contributed by atoms with Crippen LogP contribution >= 0.6 is 0 Å². The molecule has 1 aliphatic carbocycles. The molecule has 3 rings (SSSR count). The van der Waals surface area contributed by atoms with Gasteiger partial charge in [0.15, 0.2) is 0 Å². The van der Waals surface area contributed by atoms with Crippen molar-refractivity contribution in [1.29, 1.82) is 0 Å². The molecule has 156 valence electrons. The van der Waals surface area contributed by atoms with E-state index in [-0.39, 0.29) is 23.8 Å². The molecule has 1 aromatic heterocycles. The second-order valence-corrected chi connectivity index (χ2v) is 8.07. The minimum Gasteiger partial charge on any atom is -0.365 e. The van der Waals surface area contributed by atoms with Gasteiger partial charge in [-0.15, -0.1) is 0 Å². The highest BCUT2D eigenvalue weighted by Crippen LogP contribution is 2.28. The van der Waals surface area contributed by atoms with Gasteiger partial charge in [0.1, 0.15) is 5.82 Å². The topological polar surface area (TPSA) is 117 Å². The fraction of sp³-hybridized carbons (Fsp3) is 0.524. The normalized spacial score (nSPS) is 19.6. The minimum atomic E-state index is -0.255. The summed E-state index contributed by atoms with van der Waals surface area (Å²) in [5.74, 6) is 6.32. The maximum absolute atomic E-state index is 12.6. The maximum atomic E-state index is 12.6. The third-order valence-corrected chi connectivity index (χ3v) is 5.12. The van der Waals surface area contributed by atoms with E-state index in [0.717, 1.165) is 42.1 Å². The molecule has 8 nitrogen and oxygen atoms in total. The number of rotatable bonds is 7. The molecule has 0 saturated heterocycles. The number of nitrogens with zero attached hydrogens (tertiary/aromatic N) is 3. The van der Waals surface area contributed by atoms with Crippen LogP contribution in [0.2, 0.25) is 0 Å². The minimum absolute atomic E-state index is 0.104. The van der Waals surface area contributed by atoms with Crippen LogP contribution in [0.15, 0.2) is 23.2 Å². The first-order valence-corrected chi connectivity index (χ1v) is 10.3. The van der Waals surface area contributed by atoms with Gasteiger partial charge in [-0.3, -0.25) is 9.79 Å². The Morgan fingerprint density at radius 3 is 2.86 bits per heavy atom. The molecule has 1 heterocycles. The molecule has 1 fully saturated rings. The van der Waals surface area contributed by atoms with Crippen molar-refractivity contribution in [1.82, 2.24) is 20.7 Å². The highest BCUT2D eigenvalue weighted by molar-refractivity contribution is 5.96. The molecular formula is C21H31N7O. The molecule has 0 radical (unpaired) electrons. The first kappa shape index (κ1) is 21.0. The van der Waals surface area contributed by atoms with E-state index >= 15 is 0 Å². The number of hydrazine groups is 1. The monoisotopic (exact) mass is 397 g/mol. The van der Waals surface area contributed by atoms with Gasteiger partial charge in [-0.1, -0.05) is 38.3 Å². The van der Waals surface area contributed by atoms with Crippen molar-refractivity contribution in [2.75, 3.05) is 11.9 Å². The van der Waals surface area contributed by atoms with Gasteiger partial charge in [0, 0.05) is 18.0 Å². The molecule has 0 aliphatic heterocycles. The van der Waals surface area contributed by atoms with Crippen molar-refractivity contribution in [3.63, 3.8) is 0 Å². The number of aliphatic imine (C=N–C) groups is 1. The number of hydrogen-bond donors (Lipinski definition) is 4. The zero-order valence-corrected chi connectivity index (χ0v) is 17.4. The SMILES string of the molecule is Cc1ccc2nc(C(=O)NCC(C)C)nc(N[C@H]3CCCC[C@H]3N=CNN)c2c1. The Balaban J connectivity index is 1.94. The van der Waals surface area contributed by atoms with E-state index < -0.39 is 0 Å². The summed E-state index contributed by atoms with van der Waals surface area (Å²) >= 11 is 0. The lowest BCUT2D eigenvalue weighted by Gasteiger charge is -2.30. The number of carbonyl (C=O) groups is 1. The predicted octanol–water partition coefficient (Wildman–Crippen LogP) is 2.54. The van der Waals surface area contributed by atoms with Gasteiger partial charge in [-0.05, 0) is 37.8 Å². The smallest absolute Gasteiger partial charge is 0.289 e. The number of fused-ring (bicyclic) bond motifs is 1. The summed E-state index contributed by atoms with van der Waals surface area (Å²) in [6.07, 6.45) is 5.77. The standard InChI is InChI=1S/C21H31N7O/c1-13(2)11-23-21(29)20-26-16-9-8-14(3)10-15(16)19(28-20)27-18-7-5-4-6-17(18)24-12-25-22/h8-10,12-13,17-18H,4-7,11,22H2,1-3H3,(H,23,29)(H,24,25)(H,26,27,28)/t17-,18+/m1/s1. The largest absolute Gasteiger partial charge is 0.365 e. The molecule has 1 aromatic carbocycles. The van der Waals surface area contributed by atoms with E-state index in [1.54, 1.807) is 0 Å². The summed E-state index contributed by atoms with van der Waals surface area (Å²) in [5.41, 5.74) is 4.36. The first-order valence-electron chi connectivity index (χ1n) is 10.3. The van der Waals surface area contributed by atoms with Gasteiger partial charge >= 0.3 is 0 Å². The number of aryl methyl sites for hydroxylation is 1. The van der Waals surface area contributed by atoms with E-state index in [1.807, 2.05) is 19.1 Å². The Labute approximate surface area is 171 Å². The van der Waals surface area contributed by atoms with Gasteiger partial charge in [0.2, 0.25) is 5.82 Å². The number of benzene rings is 1. The number of hydrogen-bond acceptors (Lipinski definition) is 6. The summed E-state index contributed by atoms with van der Waals surface area (Å²) in [7, 11) is 0. The molecule has 1 amide bonds. The van der Waals surface area contributed by atoms with E-state index in [4.69, 9.17) is 5.84 Å². The highest BCUT2D eigenvalue weighted by Gasteiger charge is 2.26. The van der Waals surface area contributed by atoms with Crippen LogP contribution in [0.4, 0.5) is 5.82 Å². The van der Waals surface area contributed by atoms with Crippen LogP contribution in [0, 0.1) is 12.8 Å². The van der Waals surface area contributed by atoms with Crippen LogP contribution in [0.25, 0.3) is 10.9 Å². The van der Waals surface area contributed by atoms with E-state index in [9.17, 15) is 4.79 Å². The zero-order chi connectivity index (χ0) is 20.8. The van der Waals surface area contributed by atoms with Crippen LogP contribution in [0.3, 0.4) is 0 Å². The quantitative estimate of drug-likeness (QED) is 0.247. The van der Waals surface area contributed by atoms with Gasteiger partial charge in [-0.25, -0.2) is 15.8 Å². The second-order valence-electron chi connectivity index (χ2n) is 8.07. The third-order valence-electron chi connectivity index (χ3n) is 5.12. The average Bonchev–Trinajstić information content (AvgIpc) is 2.71. The summed E-state index contributed by atoms with van der Waals surface area (Å²) in [5, 5.41) is 7.37. The molecule has 5 N–H and O–H groups in total. The number of carbonyl (C=O) groups excluding carboxylic acids is 1. The first-order chi connectivity index (χ1) is 14.0. The molecule has 2 atom stereocenters. The third kappa shape index (κ3) is 5.41. The van der Waals surface area contributed by atoms with Crippen molar-refractivity contribution in [2.45, 2.75) is 58.5 Å². The molecular weight excluding hydrogens is 366 g/mol. The lowest BCUT2D eigenvalue weighted by Crippen LogP contribution is -2.37. The Morgan fingerprint density at radius 2 is 2.10 bits per heavy atom. The number of anilines is 1. The average molecular weight is 398 g/mol. The van der Waals surface area contributed by atoms with Crippen LogP contribution < -0.4 is 21.9 Å². The van der Waals surface area contributed by atoms with Crippen molar-refractivity contribution >= 4 is 29.0 Å². The van der Waals surface area contributed by atoms with Crippen LogP contribution in [0.1, 0.15) is 55.7 Å². The fourth-order valence-corrected chi connectivity index (χ4v) is 3.60. The number of nitrogens with one attached hydrogen (secondary N) is 3. The van der Waals surface area contributed by atoms with Crippen LogP contribution in [0.5, 0.6) is 0 Å². The molecule has 1 aliphatic rings. The summed E-state index contributed by atoms with van der Waals surface area (Å²) < 4.78 is 0. The maximum Gasteiger partial charge on any atom is 0.289 e. The molecule has 8 heteroatoms. The Bertz CT molecular complexity index is 881. The van der Waals surface area contributed by atoms with Crippen LogP contribution in [-0.2, 0) is 0 Å². The second kappa shape index (κ2) is 9.65. The van der Waals surface area contributed by atoms with Crippen molar-refractivity contribution in [3.05, 3.63) is 29.6 Å². The lowest BCUT2D eigenvalue weighted by atomic mass is 9.90. The molecule has 0 spiro atoms. The fourth-order valence-electron chi connectivity index (χ4n) is 3.60. The summed E-state index contributed by atoms with van der Waals surface area (Å²) in [6, 6.07) is 6.21. The highest BCUT2D eigenvalue weighted by atomic mass is 16.2. The Morgan fingerprint density at radius 1 is 1.31 bits per heavy atom. The van der Waals surface area contributed by atoms with Gasteiger partial charge < -0.3 is 16.1 Å². The van der Waals surface area contributed by atoms with E-state index in [1.165, 1.54) is 6.34 Å². The lowest BCUT2D eigenvalue weighted by molar-refractivity contribution is 0.0939. The number of amides is 1. The van der Waals surface area contributed by atoms with E-state index in [0.29, 0.717) is 18.3 Å². The zero-order valence-electron chi connectivity index (χ0n) is 17.4. The number of aromatic nitrogens is 2. The van der Waals surface area contributed by atoms with Crippen molar-refractivity contribution in [3.8, 4) is 0 Å². The molecule has 1 saturated carbocycles. The molecule has 0 unspecified atom stereocenters. The van der Waals surface area contributed by atoms with E-state index in [2.05, 4.69) is 50.9 Å². The molecule has 0 bridgehead atoms. The molecule has 29 heavy (non-hydrogen) atoms. The summed E-state index contributed by atoms with van der Waals surface area (Å²) in [4.78, 5) is 26.2. The van der Waals surface area contributed by atoms with Crippen molar-refractivity contribution in [2.24, 2.45) is 16.8 Å². The van der Waals surface area contributed by atoms with Crippen molar-refractivity contribution < 1.29 is 4.79 Å². The van der Waals surface area contributed by atoms with Gasteiger partial charge in [0.25, 0.3) is 5.91 Å². The Kier molecular flexibility index (Phi) is 6.98. The van der Waals surface area contributed by atoms with Gasteiger partial charge in [-0.2, -0.15) is 0 Å². The Hall–Kier alpha value is -2.74. The number of nitrogens with two attached hydrogens (primary N) is 1.